The molecule has 2 amide bonds. The number of nitrogens with zero attached hydrogens (tertiary/aromatic N) is 2. The Hall–Kier alpha value is -2.87. The smallest absolute Gasteiger partial charge is 0.249 e. The van der Waals surface area contributed by atoms with Gasteiger partial charge in [-0.1, -0.05) is 0 Å². The van der Waals surface area contributed by atoms with Gasteiger partial charge < -0.3 is 25.3 Å². The van der Waals surface area contributed by atoms with E-state index in [4.69, 9.17) is 4.74 Å². The minimum absolute atomic E-state index is 0.0405. The summed E-state index contributed by atoms with van der Waals surface area (Å²) in [5.74, 6) is 0.0652. The Kier molecular flexibility index (Phi) is 3.32. The maximum atomic E-state index is 14.0. The minimum atomic E-state index is -1.67. The maximum absolute atomic E-state index is 14.0. The Morgan fingerprint density at radius 3 is 2.76 bits per heavy atom. The van der Waals surface area contributed by atoms with E-state index in [1.54, 1.807) is 17.0 Å². The molecule has 8 nitrogen and oxygen atoms in total. The van der Waals surface area contributed by atoms with Gasteiger partial charge in [-0.2, -0.15) is 4.74 Å². The number of aliphatic hydroxyl groups is 1. The molecule has 178 valence electrons. The summed E-state index contributed by atoms with van der Waals surface area (Å²) in [7, 11) is 0. The number of amides is 2. The van der Waals surface area contributed by atoms with Gasteiger partial charge in [-0.15, -0.1) is 0 Å². The number of ether oxygens (including phenoxy) is 1. The van der Waals surface area contributed by atoms with E-state index in [-0.39, 0.29) is 24.2 Å². The average molecular weight is 464 g/mol. The Balaban J connectivity index is 1.47. The molecule has 1 aliphatic carbocycles. The van der Waals surface area contributed by atoms with Crippen molar-refractivity contribution in [2.45, 2.75) is 75.7 Å². The van der Waals surface area contributed by atoms with E-state index in [0.717, 1.165) is 11.2 Å². The van der Waals surface area contributed by atoms with Gasteiger partial charge in [0, 0.05) is 18.9 Å². The van der Waals surface area contributed by atoms with Crippen LogP contribution in [0.1, 0.15) is 64.5 Å². The highest BCUT2D eigenvalue weighted by Crippen LogP contribution is 2.64. The van der Waals surface area contributed by atoms with E-state index >= 15 is 0 Å². The van der Waals surface area contributed by atoms with Crippen molar-refractivity contribution in [2.24, 2.45) is 11.3 Å². The van der Waals surface area contributed by atoms with E-state index in [0.29, 0.717) is 47.7 Å². The molecular formula is C26H29N3O5. The zero-order valence-corrected chi connectivity index (χ0v) is 19.9. The second kappa shape index (κ2) is 5.51. The molecule has 4 saturated heterocycles. The first-order chi connectivity index (χ1) is 15.9. The van der Waals surface area contributed by atoms with E-state index < -0.39 is 27.7 Å². The fourth-order valence-electron chi connectivity index (χ4n) is 8.13. The van der Waals surface area contributed by atoms with Gasteiger partial charge in [-0.05, 0) is 71.2 Å². The number of hydrogen-bond acceptors (Lipinski definition) is 5. The predicted octanol–water partition coefficient (Wildman–Crippen LogP) is 2.33. The molecule has 6 heterocycles. The van der Waals surface area contributed by atoms with Crippen molar-refractivity contribution in [1.29, 1.82) is 0 Å². The lowest BCUT2D eigenvalue weighted by Crippen LogP contribution is -2.86. The lowest BCUT2D eigenvalue weighted by atomic mass is 9.47. The largest absolute Gasteiger partial charge is 0.618 e. The van der Waals surface area contributed by atoms with E-state index in [1.165, 1.54) is 0 Å². The van der Waals surface area contributed by atoms with Gasteiger partial charge in [0.05, 0.1) is 16.5 Å². The summed E-state index contributed by atoms with van der Waals surface area (Å²) in [4.78, 5) is 29.0. The zero-order chi connectivity index (χ0) is 24.1. The van der Waals surface area contributed by atoms with Crippen LogP contribution >= 0.6 is 0 Å². The molecule has 34 heavy (non-hydrogen) atoms. The molecule has 8 heteroatoms. The van der Waals surface area contributed by atoms with Crippen molar-refractivity contribution in [2.75, 3.05) is 6.54 Å². The summed E-state index contributed by atoms with van der Waals surface area (Å²) >= 11 is 0. The first-order valence-electron chi connectivity index (χ1n) is 12.2. The van der Waals surface area contributed by atoms with E-state index in [9.17, 15) is 19.9 Å². The highest BCUT2D eigenvalue weighted by Gasteiger charge is 2.79. The summed E-state index contributed by atoms with van der Waals surface area (Å²) in [6, 6.07) is 3.53. The van der Waals surface area contributed by atoms with E-state index in [1.807, 2.05) is 39.8 Å². The summed E-state index contributed by atoms with van der Waals surface area (Å²) in [6.07, 6.45) is 5.68. The topological polar surface area (TPSA) is 105 Å². The summed E-state index contributed by atoms with van der Waals surface area (Å²) < 4.78 is 6.97. The highest BCUT2D eigenvalue weighted by atomic mass is 16.5. The molecule has 6 aliphatic heterocycles. The average Bonchev–Trinajstić information content (AvgIpc) is 3.27. The van der Waals surface area contributed by atoms with Gasteiger partial charge in [-0.25, -0.2) is 0 Å². The number of piperidine rings is 2. The molecule has 8 rings (SSSR count). The number of rotatable bonds is 0. The molecule has 0 radical (unpaired) electrons. The van der Waals surface area contributed by atoms with Crippen LogP contribution in [0.3, 0.4) is 0 Å². The quantitative estimate of drug-likeness (QED) is 0.454. The molecule has 1 aromatic rings. The number of hydrogen-bond donors (Lipinski definition) is 2. The van der Waals surface area contributed by atoms with Crippen LogP contribution in [-0.2, 0) is 15.2 Å². The first kappa shape index (κ1) is 20.5. The maximum Gasteiger partial charge on any atom is 0.249 e. The molecule has 2 spiro atoms. The predicted molar refractivity (Wildman–Crippen MR) is 123 cm³/mol. The second-order valence-electron chi connectivity index (χ2n) is 12.1. The fraction of sp³-hybridized carbons (Fsp3) is 0.577. The number of carbonyl (C=O) groups excluding carboxylic acids is 2. The Labute approximate surface area is 197 Å². The Bertz CT molecular complexity index is 1300. The molecule has 4 atom stereocenters. The molecule has 2 N–H and O–H groups in total. The lowest BCUT2D eigenvalue weighted by molar-refractivity contribution is -0.368. The van der Waals surface area contributed by atoms with Gasteiger partial charge in [0.2, 0.25) is 23.2 Å². The lowest BCUT2D eigenvalue weighted by Gasteiger charge is -2.65. The minimum Gasteiger partial charge on any atom is -0.618 e. The van der Waals surface area contributed by atoms with Crippen LogP contribution in [0, 0.1) is 16.5 Å². The molecule has 5 fully saturated rings. The summed E-state index contributed by atoms with van der Waals surface area (Å²) in [5.41, 5.74) is -3.25. The third-order valence-corrected chi connectivity index (χ3v) is 9.47. The van der Waals surface area contributed by atoms with Gasteiger partial charge in [0.25, 0.3) is 0 Å². The van der Waals surface area contributed by atoms with Gasteiger partial charge in [0.1, 0.15) is 22.4 Å². The highest BCUT2D eigenvalue weighted by molar-refractivity contribution is 6.09. The standard InChI is InChI=1S/C26H29N3O5/c1-22(2)10-8-14-16(34-22)7-6-15-18(14)29(33)19-23(3,4)17-12-24-9-5-11-28(24)21(31)25(17,27-20(24)30)13-26(15,19)32/h6-8,10,17,32H,5,9,11-13H2,1-4H3,(H,27,30)/t17-,24-,25+,26-/m1/s1. The zero-order valence-electron chi connectivity index (χ0n) is 19.9. The fourth-order valence-corrected chi connectivity index (χ4v) is 8.13. The molecule has 7 aliphatic rings. The third-order valence-electron chi connectivity index (χ3n) is 9.47. The third kappa shape index (κ3) is 1.97. The van der Waals surface area contributed by atoms with Crippen LogP contribution in [0.25, 0.3) is 6.08 Å². The van der Waals surface area contributed by atoms with Gasteiger partial charge in [0.15, 0.2) is 5.60 Å². The number of benzene rings is 1. The monoisotopic (exact) mass is 463 g/mol. The van der Waals surface area contributed by atoms with Crippen LogP contribution in [-0.4, -0.2) is 55.5 Å². The summed E-state index contributed by atoms with van der Waals surface area (Å²) in [6.45, 7) is 8.33. The number of fused-ring (bicyclic) bond motifs is 6. The second-order valence-corrected chi connectivity index (χ2v) is 12.1. The Morgan fingerprint density at radius 2 is 2.00 bits per heavy atom. The number of carbonyl (C=O) groups is 2. The summed E-state index contributed by atoms with van der Waals surface area (Å²) in [5, 5.41) is 29.4. The molecule has 1 saturated carbocycles. The molecule has 1 aromatic carbocycles. The van der Waals surface area contributed by atoms with Gasteiger partial charge in [-0.3, -0.25) is 9.59 Å². The molecule has 0 unspecified atom stereocenters. The molecular weight excluding hydrogens is 434 g/mol. The van der Waals surface area contributed by atoms with Crippen molar-refractivity contribution in [1.82, 2.24) is 10.2 Å². The molecule has 0 aromatic heterocycles. The van der Waals surface area contributed by atoms with Crippen LogP contribution < -0.4 is 10.1 Å². The van der Waals surface area contributed by atoms with Crippen molar-refractivity contribution >= 4 is 29.3 Å². The van der Waals surface area contributed by atoms with Crippen LogP contribution in [0.4, 0.5) is 5.69 Å². The van der Waals surface area contributed by atoms with Crippen LogP contribution in [0.2, 0.25) is 0 Å². The SMILES string of the molecule is CC1(C)C=Cc2c(ccc3c2[N+]([O-])=C2C(C)(C)[C@H]4C[C@@]56CCCN5C(=O)[C@@]4(C[C@]23O)NC6=O)O1. The van der Waals surface area contributed by atoms with Crippen molar-refractivity contribution in [3.05, 3.63) is 34.5 Å². The normalized spacial score (nSPS) is 39.7. The first-order valence-corrected chi connectivity index (χ1v) is 12.2. The Morgan fingerprint density at radius 1 is 1.24 bits per heavy atom. The van der Waals surface area contributed by atoms with Gasteiger partial charge >= 0.3 is 0 Å². The van der Waals surface area contributed by atoms with Crippen molar-refractivity contribution < 1.29 is 24.2 Å². The van der Waals surface area contributed by atoms with Crippen molar-refractivity contribution in [3.8, 4) is 5.75 Å². The van der Waals surface area contributed by atoms with Crippen LogP contribution in [0.15, 0.2) is 18.2 Å². The number of nitrogens with one attached hydrogen (secondary N) is 1. The number of piperazine rings is 1. The molecule has 2 bridgehead atoms. The van der Waals surface area contributed by atoms with Crippen LogP contribution in [0.5, 0.6) is 5.75 Å². The van der Waals surface area contributed by atoms with Crippen molar-refractivity contribution in [3.63, 3.8) is 0 Å². The van der Waals surface area contributed by atoms with E-state index in [2.05, 4.69) is 5.32 Å².